The topological polar surface area (TPSA) is 70.2 Å². The zero-order valence-corrected chi connectivity index (χ0v) is 13.1. The Labute approximate surface area is 135 Å². The molecule has 0 aromatic heterocycles. The smallest absolute Gasteiger partial charge is 0.247 e. The van der Waals surface area contributed by atoms with E-state index in [-0.39, 0.29) is 18.2 Å². The van der Waals surface area contributed by atoms with Gasteiger partial charge in [0, 0.05) is 5.69 Å². The molecule has 0 saturated carbocycles. The first-order chi connectivity index (χ1) is 11.0. The Morgan fingerprint density at radius 1 is 1.09 bits per heavy atom. The number of anilines is 3. The fourth-order valence-electron chi connectivity index (χ4n) is 2.55. The largest absolute Gasteiger partial charge is 0.372 e. The Bertz CT molecular complexity index is 771. The zero-order chi connectivity index (χ0) is 16.4. The molecule has 0 bridgehead atoms. The van der Waals surface area contributed by atoms with E-state index in [1.165, 1.54) is 5.56 Å². The van der Waals surface area contributed by atoms with Gasteiger partial charge >= 0.3 is 0 Å². The lowest BCUT2D eigenvalue weighted by Gasteiger charge is -2.26. The molecule has 0 spiro atoms. The summed E-state index contributed by atoms with van der Waals surface area (Å²) in [6.07, 6.45) is 0.0765. The van der Waals surface area contributed by atoms with Gasteiger partial charge in [0.1, 0.15) is 6.04 Å². The van der Waals surface area contributed by atoms with Gasteiger partial charge in [-0.2, -0.15) is 0 Å². The predicted octanol–water partition coefficient (Wildman–Crippen LogP) is 3.06. The first-order valence-electron chi connectivity index (χ1n) is 7.56. The van der Waals surface area contributed by atoms with E-state index < -0.39 is 6.04 Å². The molecule has 2 amide bonds. The predicted molar refractivity (Wildman–Crippen MR) is 91.6 cm³/mol. The number of aryl methyl sites for hydroxylation is 2. The maximum Gasteiger partial charge on any atom is 0.247 e. The highest BCUT2D eigenvalue weighted by atomic mass is 16.2. The van der Waals surface area contributed by atoms with Crippen molar-refractivity contribution in [2.45, 2.75) is 26.3 Å². The van der Waals surface area contributed by atoms with Crippen LogP contribution in [0.4, 0.5) is 17.1 Å². The average Bonchev–Trinajstić information content (AvgIpc) is 2.51. The van der Waals surface area contributed by atoms with Crippen molar-refractivity contribution in [2.24, 2.45) is 0 Å². The van der Waals surface area contributed by atoms with Gasteiger partial charge in [-0.25, -0.2) is 0 Å². The third-order valence-electron chi connectivity index (χ3n) is 4.01. The number of fused-ring (bicyclic) bond motifs is 1. The molecule has 0 unspecified atom stereocenters. The molecule has 0 fully saturated rings. The molecule has 3 rings (SSSR count). The zero-order valence-electron chi connectivity index (χ0n) is 13.1. The molecule has 2 aromatic rings. The molecule has 2 aromatic carbocycles. The van der Waals surface area contributed by atoms with Crippen molar-refractivity contribution in [1.29, 1.82) is 0 Å². The second-order valence-electron chi connectivity index (χ2n) is 5.78. The molecule has 23 heavy (non-hydrogen) atoms. The molecule has 1 atom stereocenters. The lowest BCUT2D eigenvalue weighted by atomic mass is 10.1. The van der Waals surface area contributed by atoms with E-state index in [0.29, 0.717) is 0 Å². The summed E-state index contributed by atoms with van der Waals surface area (Å²) >= 11 is 0. The molecule has 1 aliphatic rings. The summed E-state index contributed by atoms with van der Waals surface area (Å²) in [6.45, 7) is 4.02. The van der Waals surface area contributed by atoms with Crippen LogP contribution in [0, 0.1) is 13.8 Å². The minimum Gasteiger partial charge on any atom is -0.372 e. The third-order valence-corrected chi connectivity index (χ3v) is 4.01. The van der Waals surface area contributed by atoms with E-state index in [1.807, 2.05) is 56.3 Å². The first kappa shape index (κ1) is 15.1. The number of hydrogen-bond donors (Lipinski definition) is 3. The second-order valence-corrected chi connectivity index (χ2v) is 5.78. The van der Waals surface area contributed by atoms with Crippen molar-refractivity contribution < 1.29 is 9.59 Å². The van der Waals surface area contributed by atoms with Crippen LogP contribution in [-0.4, -0.2) is 17.9 Å². The summed E-state index contributed by atoms with van der Waals surface area (Å²) in [7, 11) is 0. The van der Waals surface area contributed by atoms with E-state index in [9.17, 15) is 9.59 Å². The highest BCUT2D eigenvalue weighted by Crippen LogP contribution is 2.26. The number of rotatable bonds is 3. The van der Waals surface area contributed by atoms with Crippen molar-refractivity contribution in [3.8, 4) is 0 Å². The molecular weight excluding hydrogens is 290 g/mol. The van der Waals surface area contributed by atoms with E-state index in [2.05, 4.69) is 16.0 Å². The van der Waals surface area contributed by atoms with Crippen molar-refractivity contribution in [3.05, 3.63) is 53.6 Å². The Morgan fingerprint density at radius 2 is 1.83 bits per heavy atom. The Kier molecular flexibility index (Phi) is 4.02. The van der Waals surface area contributed by atoms with Gasteiger partial charge in [-0.1, -0.05) is 18.2 Å². The number of benzene rings is 2. The molecule has 0 radical (unpaired) electrons. The monoisotopic (exact) mass is 309 g/mol. The van der Waals surface area contributed by atoms with Crippen LogP contribution in [0.15, 0.2) is 42.5 Å². The van der Waals surface area contributed by atoms with Crippen molar-refractivity contribution in [1.82, 2.24) is 0 Å². The minimum absolute atomic E-state index is 0.0765. The van der Waals surface area contributed by atoms with E-state index in [1.54, 1.807) is 0 Å². The van der Waals surface area contributed by atoms with Crippen LogP contribution >= 0.6 is 0 Å². The lowest BCUT2D eigenvalue weighted by Crippen LogP contribution is -2.41. The fraction of sp³-hybridized carbons (Fsp3) is 0.222. The van der Waals surface area contributed by atoms with Gasteiger partial charge in [-0.15, -0.1) is 0 Å². The summed E-state index contributed by atoms with van der Waals surface area (Å²) in [6, 6.07) is 12.6. The normalized spacial score (nSPS) is 16.1. The molecule has 5 nitrogen and oxygen atoms in total. The van der Waals surface area contributed by atoms with Gasteiger partial charge in [0.25, 0.3) is 0 Å². The van der Waals surface area contributed by atoms with Gasteiger partial charge in [0.2, 0.25) is 11.8 Å². The number of carbonyl (C=O) groups excluding carboxylic acids is 2. The lowest BCUT2D eigenvalue weighted by molar-refractivity contribution is -0.122. The van der Waals surface area contributed by atoms with Crippen molar-refractivity contribution in [3.63, 3.8) is 0 Å². The average molecular weight is 309 g/mol. The van der Waals surface area contributed by atoms with Gasteiger partial charge in [0.15, 0.2) is 0 Å². The maximum absolute atomic E-state index is 12.2. The summed E-state index contributed by atoms with van der Waals surface area (Å²) in [5.41, 5.74) is 4.60. The molecule has 3 N–H and O–H groups in total. The summed E-state index contributed by atoms with van der Waals surface area (Å²) in [4.78, 5) is 24.3. The van der Waals surface area contributed by atoms with Crippen LogP contribution in [-0.2, 0) is 9.59 Å². The Hall–Kier alpha value is -2.82. The molecule has 0 saturated heterocycles. The van der Waals surface area contributed by atoms with Crippen LogP contribution in [0.1, 0.15) is 17.5 Å². The summed E-state index contributed by atoms with van der Waals surface area (Å²) < 4.78 is 0. The van der Waals surface area contributed by atoms with Crippen molar-refractivity contribution in [2.75, 3.05) is 16.0 Å². The van der Waals surface area contributed by atoms with Crippen LogP contribution in [0.2, 0.25) is 0 Å². The molecule has 1 aliphatic heterocycles. The van der Waals surface area contributed by atoms with Crippen LogP contribution in [0.5, 0.6) is 0 Å². The quantitative estimate of drug-likeness (QED) is 0.816. The van der Waals surface area contributed by atoms with E-state index in [0.717, 1.165) is 22.6 Å². The first-order valence-corrected chi connectivity index (χ1v) is 7.56. The minimum atomic E-state index is -0.573. The SMILES string of the molecule is Cc1ccc(NC(=O)C[C@@H]2Nc3ccccc3NC2=O)cc1C. The van der Waals surface area contributed by atoms with Gasteiger partial charge in [-0.05, 0) is 49.2 Å². The van der Waals surface area contributed by atoms with Crippen LogP contribution in [0.25, 0.3) is 0 Å². The van der Waals surface area contributed by atoms with Gasteiger partial charge in [0.05, 0.1) is 17.8 Å². The van der Waals surface area contributed by atoms with E-state index >= 15 is 0 Å². The highest BCUT2D eigenvalue weighted by molar-refractivity contribution is 6.06. The molecule has 118 valence electrons. The van der Waals surface area contributed by atoms with Gasteiger partial charge < -0.3 is 16.0 Å². The Balaban J connectivity index is 1.66. The number of para-hydroxylation sites is 2. The fourth-order valence-corrected chi connectivity index (χ4v) is 2.55. The second kappa shape index (κ2) is 6.12. The maximum atomic E-state index is 12.2. The standard InChI is InChI=1S/C18H19N3O2/c1-11-7-8-13(9-12(11)2)19-17(22)10-16-18(23)21-15-6-4-3-5-14(15)20-16/h3-9,16,20H,10H2,1-2H3,(H,19,22)(H,21,23)/t16-/m0/s1. The molecular formula is C18H19N3O2. The molecule has 1 heterocycles. The van der Waals surface area contributed by atoms with Crippen LogP contribution < -0.4 is 16.0 Å². The number of nitrogens with one attached hydrogen (secondary N) is 3. The van der Waals surface area contributed by atoms with E-state index in [4.69, 9.17) is 0 Å². The van der Waals surface area contributed by atoms with Crippen LogP contribution in [0.3, 0.4) is 0 Å². The van der Waals surface area contributed by atoms with Crippen molar-refractivity contribution >= 4 is 28.9 Å². The number of hydrogen-bond acceptors (Lipinski definition) is 3. The highest BCUT2D eigenvalue weighted by Gasteiger charge is 2.27. The summed E-state index contributed by atoms with van der Waals surface area (Å²) in [5, 5.41) is 8.77. The molecule has 5 heteroatoms. The Morgan fingerprint density at radius 3 is 2.57 bits per heavy atom. The van der Waals surface area contributed by atoms with Gasteiger partial charge in [-0.3, -0.25) is 9.59 Å². The number of amides is 2. The summed E-state index contributed by atoms with van der Waals surface area (Å²) in [5.74, 6) is -0.390. The number of carbonyl (C=O) groups is 2. The molecule has 0 aliphatic carbocycles. The third kappa shape index (κ3) is 3.34.